The van der Waals surface area contributed by atoms with Crippen LogP contribution in [0.15, 0.2) is 24.5 Å². The number of piperidine rings is 1. The maximum atomic E-state index is 12.2. The molecule has 2 aromatic rings. The highest BCUT2D eigenvalue weighted by Gasteiger charge is 2.27. The van der Waals surface area contributed by atoms with Gasteiger partial charge in [0.15, 0.2) is 0 Å². The van der Waals surface area contributed by atoms with Crippen LogP contribution in [0.2, 0.25) is 0 Å². The quantitative estimate of drug-likeness (QED) is 0.813. The predicted molar refractivity (Wildman–Crippen MR) is 113 cm³/mol. The molecule has 156 valence electrons. The van der Waals surface area contributed by atoms with Crippen molar-refractivity contribution in [3.63, 3.8) is 0 Å². The Labute approximate surface area is 172 Å². The van der Waals surface area contributed by atoms with Gasteiger partial charge in [-0.25, -0.2) is 9.31 Å². The van der Waals surface area contributed by atoms with Gasteiger partial charge in [0.25, 0.3) is 0 Å². The highest BCUT2D eigenvalue weighted by Crippen LogP contribution is 2.27. The molecule has 0 bridgehead atoms. The largest absolute Gasteiger partial charge is 0.328 e. The lowest BCUT2D eigenvalue weighted by molar-refractivity contribution is -0.120. The van der Waals surface area contributed by atoms with Crippen LogP contribution in [0.1, 0.15) is 45.1 Å². The van der Waals surface area contributed by atoms with E-state index in [-0.39, 0.29) is 11.9 Å². The number of amides is 3. The van der Waals surface area contributed by atoms with Gasteiger partial charge in [-0.2, -0.15) is 5.10 Å². The molecular weight excluding hydrogens is 366 g/mol. The summed E-state index contributed by atoms with van der Waals surface area (Å²) < 4.78 is 1.80. The molecule has 2 aliphatic heterocycles. The average molecular weight is 398 g/mol. The topological polar surface area (TPSA) is 70.0 Å². The maximum Gasteiger partial charge on any atom is 0.328 e. The molecule has 3 amide bonds. The number of anilines is 1. The van der Waals surface area contributed by atoms with Crippen molar-refractivity contribution in [3.8, 4) is 0 Å². The minimum absolute atomic E-state index is 0.219. The fourth-order valence-electron chi connectivity index (χ4n) is 4.33. The van der Waals surface area contributed by atoms with Crippen LogP contribution in [0.25, 0.3) is 5.52 Å². The number of pyridine rings is 1. The van der Waals surface area contributed by atoms with Gasteiger partial charge >= 0.3 is 6.03 Å². The van der Waals surface area contributed by atoms with E-state index in [4.69, 9.17) is 0 Å². The molecule has 7 nitrogen and oxygen atoms in total. The van der Waals surface area contributed by atoms with Crippen LogP contribution in [0.4, 0.5) is 10.5 Å². The van der Waals surface area contributed by atoms with Crippen LogP contribution in [-0.2, 0) is 11.2 Å². The number of rotatable bonds is 6. The van der Waals surface area contributed by atoms with Crippen molar-refractivity contribution < 1.29 is 9.59 Å². The Kier molecular flexibility index (Phi) is 5.85. The Morgan fingerprint density at radius 3 is 2.72 bits per heavy atom. The van der Waals surface area contributed by atoms with Crippen molar-refractivity contribution in [2.24, 2.45) is 11.8 Å². The Morgan fingerprint density at radius 2 is 2.00 bits per heavy atom. The van der Waals surface area contributed by atoms with Crippen LogP contribution in [0.5, 0.6) is 0 Å². The molecule has 2 aliphatic rings. The second-order valence-corrected chi connectivity index (χ2v) is 8.82. The predicted octanol–water partition coefficient (Wildman–Crippen LogP) is 3.08. The van der Waals surface area contributed by atoms with Crippen molar-refractivity contribution in [2.75, 3.05) is 31.1 Å². The first-order valence-electron chi connectivity index (χ1n) is 10.8. The molecule has 2 saturated heterocycles. The number of aromatic nitrogens is 2. The summed E-state index contributed by atoms with van der Waals surface area (Å²) >= 11 is 0. The molecule has 0 aromatic carbocycles. The minimum atomic E-state index is -0.365. The van der Waals surface area contributed by atoms with Gasteiger partial charge in [-0.05, 0) is 74.8 Å². The van der Waals surface area contributed by atoms with E-state index in [0.717, 1.165) is 23.5 Å². The molecule has 0 saturated carbocycles. The summed E-state index contributed by atoms with van der Waals surface area (Å²) in [6.45, 7) is 8.58. The molecule has 29 heavy (non-hydrogen) atoms. The molecule has 0 radical (unpaired) electrons. The number of likely N-dealkylation sites (tertiary alicyclic amines) is 1. The van der Waals surface area contributed by atoms with Crippen LogP contribution < -0.4 is 10.2 Å². The third-order valence-electron chi connectivity index (χ3n) is 6.16. The van der Waals surface area contributed by atoms with Crippen LogP contribution in [0, 0.1) is 11.8 Å². The molecule has 4 rings (SSSR count). The molecule has 7 heteroatoms. The van der Waals surface area contributed by atoms with E-state index < -0.39 is 0 Å². The smallest absolute Gasteiger partial charge is 0.303 e. The fraction of sp³-hybridized carbons (Fsp3) is 0.591. The van der Waals surface area contributed by atoms with Gasteiger partial charge < -0.3 is 4.90 Å². The Hall–Kier alpha value is -2.41. The molecule has 0 unspecified atom stereocenters. The molecule has 0 aliphatic carbocycles. The normalized spacial score (nSPS) is 19.3. The molecular formula is C22H31N5O2. The number of nitrogens with one attached hydrogen (secondary N) is 1. The number of nitrogens with zero attached hydrogens (tertiary/aromatic N) is 4. The summed E-state index contributed by atoms with van der Waals surface area (Å²) in [7, 11) is 0. The second-order valence-electron chi connectivity index (χ2n) is 8.82. The maximum absolute atomic E-state index is 12.2. The van der Waals surface area contributed by atoms with Crippen molar-refractivity contribution in [2.45, 2.75) is 46.0 Å². The highest BCUT2D eigenvalue weighted by molar-refractivity contribution is 6.07. The summed E-state index contributed by atoms with van der Waals surface area (Å²) in [5.74, 6) is 1.25. The number of hydrogen-bond acceptors (Lipinski definition) is 4. The molecule has 0 atom stereocenters. The van der Waals surface area contributed by atoms with Crippen molar-refractivity contribution in [1.29, 1.82) is 0 Å². The lowest BCUT2D eigenvalue weighted by Crippen LogP contribution is -2.49. The first kappa shape index (κ1) is 19.9. The highest BCUT2D eigenvalue weighted by atomic mass is 16.2. The molecule has 1 N–H and O–H groups in total. The van der Waals surface area contributed by atoms with Gasteiger partial charge in [-0.3, -0.25) is 15.0 Å². The van der Waals surface area contributed by atoms with E-state index in [2.05, 4.69) is 41.3 Å². The second kappa shape index (κ2) is 8.53. The van der Waals surface area contributed by atoms with E-state index in [9.17, 15) is 9.59 Å². The monoisotopic (exact) mass is 397 g/mol. The van der Waals surface area contributed by atoms with E-state index >= 15 is 0 Å². The number of fused-ring (bicyclic) bond motifs is 1. The van der Waals surface area contributed by atoms with E-state index in [0.29, 0.717) is 18.9 Å². The summed E-state index contributed by atoms with van der Waals surface area (Å²) in [4.78, 5) is 27.9. The lowest BCUT2D eigenvalue weighted by atomic mass is 9.90. The Morgan fingerprint density at radius 1 is 1.21 bits per heavy atom. The van der Waals surface area contributed by atoms with Gasteiger partial charge in [-0.1, -0.05) is 13.8 Å². The zero-order valence-electron chi connectivity index (χ0n) is 17.4. The van der Waals surface area contributed by atoms with Gasteiger partial charge in [0.1, 0.15) is 0 Å². The number of imide groups is 1. The number of hydrogen-bond donors (Lipinski definition) is 1. The lowest BCUT2D eigenvalue weighted by Gasteiger charge is -2.32. The number of urea groups is 1. The zero-order chi connectivity index (χ0) is 20.4. The number of carbonyl (C=O) groups excluding carboxylic acids is 2. The minimum Gasteiger partial charge on any atom is -0.303 e. The standard InChI is InChI=1S/C22H31N5O2/c1-16(2)3-8-25-9-4-17(5-10-25)13-18-6-12-27-19(14-18)20(15-23-27)26-11-7-21(28)24-22(26)29/h6,12,14-17H,3-5,7-11,13H2,1-2H3,(H,24,28,29). The Balaban J connectivity index is 1.42. The van der Waals surface area contributed by atoms with Crippen LogP contribution in [-0.4, -0.2) is 52.6 Å². The first-order chi connectivity index (χ1) is 14.0. The van der Waals surface area contributed by atoms with E-state index in [1.54, 1.807) is 15.6 Å². The van der Waals surface area contributed by atoms with E-state index in [1.807, 2.05) is 6.20 Å². The summed E-state index contributed by atoms with van der Waals surface area (Å²) in [6, 6.07) is 3.92. The molecule has 4 heterocycles. The summed E-state index contributed by atoms with van der Waals surface area (Å²) in [5, 5.41) is 6.77. The summed E-state index contributed by atoms with van der Waals surface area (Å²) in [6.07, 6.45) is 8.82. The van der Waals surface area contributed by atoms with Gasteiger partial charge in [0.2, 0.25) is 5.91 Å². The van der Waals surface area contributed by atoms with Crippen LogP contribution in [0.3, 0.4) is 0 Å². The van der Waals surface area contributed by atoms with Gasteiger partial charge in [-0.15, -0.1) is 0 Å². The molecule has 2 fully saturated rings. The van der Waals surface area contributed by atoms with Crippen molar-refractivity contribution >= 4 is 23.1 Å². The van der Waals surface area contributed by atoms with E-state index in [1.165, 1.54) is 44.5 Å². The first-order valence-corrected chi connectivity index (χ1v) is 10.8. The van der Waals surface area contributed by atoms with Crippen molar-refractivity contribution in [3.05, 3.63) is 30.1 Å². The average Bonchev–Trinajstić information content (AvgIpc) is 3.10. The molecule has 2 aromatic heterocycles. The zero-order valence-corrected chi connectivity index (χ0v) is 17.4. The Bertz CT molecular complexity index is 882. The molecule has 0 spiro atoms. The van der Waals surface area contributed by atoms with Crippen LogP contribution >= 0.6 is 0 Å². The number of carbonyl (C=O) groups is 2. The summed E-state index contributed by atoms with van der Waals surface area (Å²) in [5.41, 5.74) is 2.97. The van der Waals surface area contributed by atoms with Crippen molar-refractivity contribution in [1.82, 2.24) is 19.8 Å². The van der Waals surface area contributed by atoms with Gasteiger partial charge in [0.05, 0.1) is 17.4 Å². The SMILES string of the molecule is CC(C)CCN1CCC(Cc2ccn3ncc(N4CCC(=O)NC4=O)c3c2)CC1. The third kappa shape index (κ3) is 4.61. The fourth-order valence-corrected chi connectivity index (χ4v) is 4.33. The third-order valence-corrected chi connectivity index (χ3v) is 6.16. The van der Waals surface area contributed by atoms with Gasteiger partial charge in [0, 0.05) is 19.2 Å².